The summed E-state index contributed by atoms with van der Waals surface area (Å²) in [6.07, 6.45) is -17.6. The van der Waals surface area contributed by atoms with Gasteiger partial charge in [0.05, 0.1) is 19.8 Å². The van der Waals surface area contributed by atoms with Crippen LogP contribution >= 0.6 is 0 Å². The highest BCUT2D eigenvalue weighted by Crippen LogP contribution is 2.32. The highest BCUT2D eigenvalue weighted by molar-refractivity contribution is 5.73. The van der Waals surface area contributed by atoms with E-state index in [1.165, 1.54) is 6.92 Å². The summed E-state index contributed by atoms with van der Waals surface area (Å²) in [4.78, 5) is 11.8. The van der Waals surface area contributed by atoms with Crippen LogP contribution in [0.15, 0.2) is 0 Å². The van der Waals surface area contributed by atoms with Crippen LogP contribution in [0.25, 0.3) is 0 Å². The minimum atomic E-state index is -1.91. The third kappa shape index (κ3) is 7.07. The Morgan fingerprint density at radius 3 is 1.80 bits per heavy atom. The van der Waals surface area contributed by atoms with Crippen molar-refractivity contribution in [3.05, 3.63) is 0 Å². The fourth-order valence-corrected chi connectivity index (χ4v) is 4.71. The third-order valence-corrected chi connectivity index (χ3v) is 6.81. The first kappa shape index (κ1) is 32.9. The number of hydrogen-bond acceptors (Lipinski definition) is 16. The number of aliphatic hydroxyl groups is 9. The van der Waals surface area contributed by atoms with Crippen LogP contribution in [0.1, 0.15) is 6.92 Å². The molecule has 0 aromatic heterocycles. The number of ether oxygens (including phenoxy) is 6. The first-order valence-electron chi connectivity index (χ1n) is 12.5. The number of carbonyl (C=O) groups is 1. The molecular formula is C23H37NO16. The highest BCUT2D eigenvalue weighted by Gasteiger charge is 2.54. The van der Waals surface area contributed by atoms with Crippen molar-refractivity contribution in [3.63, 3.8) is 0 Å². The number of hydrogen-bond donors (Lipinski definition) is 10. The summed E-state index contributed by atoms with van der Waals surface area (Å²) in [6, 6.07) is -1.25. The van der Waals surface area contributed by atoms with Crippen LogP contribution in [0.3, 0.4) is 0 Å². The van der Waals surface area contributed by atoms with Crippen LogP contribution in [0.5, 0.6) is 0 Å². The highest BCUT2D eigenvalue weighted by atomic mass is 16.8. The zero-order valence-electron chi connectivity index (χ0n) is 21.4. The van der Waals surface area contributed by atoms with E-state index in [2.05, 4.69) is 11.2 Å². The van der Waals surface area contributed by atoms with Crippen molar-refractivity contribution in [2.24, 2.45) is 0 Å². The van der Waals surface area contributed by atoms with Gasteiger partial charge in [-0.15, -0.1) is 6.42 Å². The molecule has 1 amide bonds. The molecule has 0 aromatic carbocycles. The molecule has 0 radical (unpaired) electrons. The maximum Gasteiger partial charge on any atom is 0.217 e. The van der Waals surface area contributed by atoms with Gasteiger partial charge in [0.1, 0.15) is 79.8 Å². The molecule has 10 N–H and O–H groups in total. The minimum absolute atomic E-state index is 0.255. The van der Waals surface area contributed by atoms with Gasteiger partial charge in [-0.2, -0.15) is 0 Å². The molecule has 0 aromatic rings. The number of amides is 1. The Morgan fingerprint density at radius 2 is 1.25 bits per heavy atom. The van der Waals surface area contributed by atoms with Gasteiger partial charge >= 0.3 is 0 Å². The van der Waals surface area contributed by atoms with Crippen LogP contribution in [-0.4, -0.2) is 170 Å². The molecule has 0 bridgehead atoms. The molecule has 17 nitrogen and oxygen atoms in total. The monoisotopic (exact) mass is 583 g/mol. The van der Waals surface area contributed by atoms with Crippen molar-refractivity contribution in [1.82, 2.24) is 5.32 Å². The molecule has 230 valence electrons. The number of terminal acetylenes is 1. The summed E-state index contributed by atoms with van der Waals surface area (Å²) >= 11 is 0. The van der Waals surface area contributed by atoms with Crippen LogP contribution in [0.2, 0.25) is 0 Å². The third-order valence-electron chi connectivity index (χ3n) is 6.81. The van der Waals surface area contributed by atoms with Gasteiger partial charge in [-0.1, -0.05) is 5.92 Å². The molecule has 15 atom stereocenters. The molecule has 3 aliphatic heterocycles. The Hall–Kier alpha value is -1.57. The average Bonchev–Trinajstić information content (AvgIpc) is 2.93. The standard InChI is InChI=1S/C23H37NO16/c1-3-4-35-21-12(24-8(2)28)15(31)19(11(7-27)38-21)39-23-18(34)20(14(30)10(6-26)37-23)40-22-17(33)16(32)13(29)9(5-25)36-22/h1,9-23,25-27,29-34H,4-7H2,2H3,(H,24,28)/t9-,10-,11-,12?,13+,14+,15?,16?,17?,18?,19-,20?,21-,22-,23+/m1/s1. The Morgan fingerprint density at radius 1 is 0.725 bits per heavy atom. The molecule has 0 spiro atoms. The number of aliphatic hydroxyl groups excluding tert-OH is 9. The summed E-state index contributed by atoms with van der Waals surface area (Å²) in [7, 11) is 0. The first-order valence-corrected chi connectivity index (χ1v) is 12.5. The Labute approximate surface area is 228 Å². The van der Waals surface area contributed by atoms with E-state index in [1.54, 1.807) is 0 Å². The first-order chi connectivity index (χ1) is 19.0. The van der Waals surface area contributed by atoms with E-state index >= 15 is 0 Å². The molecule has 3 heterocycles. The maximum absolute atomic E-state index is 11.8. The van der Waals surface area contributed by atoms with Gasteiger partial charge in [0.15, 0.2) is 18.9 Å². The van der Waals surface area contributed by atoms with Gasteiger partial charge in [-0.3, -0.25) is 4.79 Å². The molecule has 0 aliphatic carbocycles. The SMILES string of the molecule is C#CCO[C@@H]1O[C@H](CO)[C@@H](O[C@@H]2O[C@H](CO)[C@H](O)C(O[C@H]3O[C@H](CO)[C@H](O)C(O)C3O)C2O)C(O)C1NC(C)=O. The fraction of sp³-hybridized carbons (Fsp3) is 0.870. The molecular weight excluding hydrogens is 546 g/mol. The number of carbonyl (C=O) groups excluding carboxylic acids is 1. The van der Waals surface area contributed by atoms with Crippen molar-refractivity contribution < 1.29 is 79.2 Å². The van der Waals surface area contributed by atoms with Crippen molar-refractivity contribution in [2.75, 3.05) is 26.4 Å². The van der Waals surface area contributed by atoms with Crippen LogP contribution < -0.4 is 5.32 Å². The minimum Gasteiger partial charge on any atom is -0.394 e. The van der Waals surface area contributed by atoms with E-state index in [0.717, 1.165) is 0 Å². The topological polar surface area (TPSA) is 267 Å². The summed E-state index contributed by atoms with van der Waals surface area (Å²) < 4.78 is 33.0. The molecule has 40 heavy (non-hydrogen) atoms. The van der Waals surface area contributed by atoms with Crippen LogP contribution in [0.4, 0.5) is 0 Å². The van der Waals surface area contributed by atoms with E-state index in [0.29, 0.717) is 0 Å². The normalized spacial score (nSPS) is 46.0. The van der Waals surface area contributed by atoms with Crippen LogP contribution in [-0.2, 0) is 33.2 Å². The predicted molar refractivity (Wildman–Crippen MR) is 125 cm³/mol. The van der Waals surface area contributed by atoms with Gasteiger partial charge in [0.25, 0.3) is 0 Å². The second kappa shape index (κ2) is 14.6. The maximum atomic E-state index is 11.8. The van der Waals surface area contributed by atoms with Crippen molar-refractivity contribution in [3.8, 4) is 12.3 Å². The molecule has 6 unspecified atom stereocenters. The number of nitrogens with one attached hydrogen (secondary N) is 1. The zero-order chi connectivity index (χ0) is 29.7. The lowest BCUT2D eigenvalue weighted by atomic mass is 9.95. The summed E-state index contributed by atoms with van der Waals surface area (Å²) in [5.41, 5.74) is 0. The zero-order valence-corrected chi connectivity index (χ0v) is 21.4. The number of rotatable bonds is 10. The smallest absolute Gasteiger partial charge is 0.217 e. The molecule has 17 heteroatoms. The summed E-state index contributed by atoms with van der Waals surface area (Å²) in [6.45, 7) is -1.40. The molecule has 3 aliphatic rings. The van der Waals surface area contributed by atoms with Crippen LogP contribution in [0, 0.1) is 12.3 Å². The Balaban J connectivity index is 1.82. The van der Waals surface area contributed by atoms with Gasteiger partial charge < -0.3 is 79.7 Å². The largest absolute Gasteiger partial charge is 0.394 e. The van der Waals surface area contributed by atoms with Gasteiger partial charge in [-0.25, -0.2) is 0 Å². The van der Waals surface area contributed by atoms with Gasteiger partial charge in [0, 0.05) is 6.92 Å². The second-order valence-electron chi connectivity index (χ2n) is 9.56. The molecule has 0 saturated carbocycles. The van der Waals surface area contributed by atoms with Crippen molar-refractivity contribution in [2.45, 2.75) is 99.0 Å². The Bertz CT molecular complexity index is 857. The van der Waals surface area contributed by atoms with Crippen molar-refractivity contribution in [1.29, 1.82) is 0 Å². The lowest BCUT2D eigenvalue weighted by molar-refractivity contribution is -0.375. The van der Waals surface area contributed by atoms with E-state index < -0.39 is 118 Å². The predicted octanol–water partition coefficient (Wildman–Crippen LogP) is -6.77. The van der Waals surface area contributed by atoms with Crippen molar-refractivity contribution >= 4 is 5.91 Å². The lowest BCUT2D eigenvalue weighted by Crippen LogP contribution is -2.68. The van der Waals surface area contributed by atoms with E-state index in [1.807, 2.05) is 0 Å². The Kier molecular flexibility index (Phi) is 12.0. The fourth-order valence-electron chi connectivity index (χ4n) is 4.71. The summed E-state index contributed by atoms with van der Waals surface area (Å²) in [5.74, 6) is 1.64. The summed E-state index contributed by atoms with van der Waals surface area (Å²) in [5, 5.41) is 94.6. The van der Waals surface area contributed by atoms with E-state index in [9.17, 15) is 50.8 Å². The molecule has 3 rings (SSSR count). The van der Waals surface area contributed by atoms with Gasteiger partial charge in [0.2, 0.25) is 5.91 Å². The van der Waals surface area contributed by atoms with E-state index in [-0.39, 0.29) is 6.61 Å². The molecule has 3 fully saturated rings. The quantitative estimate of drug-likeness (QED) is 0.107. The lowest BCUT2D eigenvalue weighted by Gasteiger charge is -2.48. The van der Waals surface area contributed by atoms with E-state index in [4.69, 9.17) is 34.8 Å². The second-order valence-corrected chi connectivity index (χ2v) is 9.56. The molecule has 3 saturated heterocycles. The van der Waals surface area contributed by atoms with Gasteiger partial charge in [-0.05, 0) is 0 Å². The average molecular weight is 584 g/mol.